The van der Waals surface area contributed by atoms with Gasteiger partial charge in [0.15, 0.2) is 0 Å². The van der Waals surface area contributed by atoms with Crippen LogP contribution < -0.4 is 16.1 Å². The molecule has 4 rings (SSSR count). The van der Waals surface area contributed by atoms with Crippen molar-refractivity contribution in [3.8, 4) is 11.1 Å². The molecule has 11 nitrogen and oxygen atoms in total. The van der Waals surface area contributed by atoms with E-state index in [1.807, 2.05) is 36.4 Å². The first-order chi connectivity index (χ1) is 20.5. The van der Waals surface area contributed by atoms with Gasteiger partial charge in [-0.25, -0.2) is 15.0 Å². The molecule has 1 fully saturated rings. The molecule has 3 amide bonds. The highest BCUT2D eigenvalue weighted by Crippen LogP contribution is 2.44. The molecule has 0 aromatic heterocycles. The lowest BCUT2D eigenvalue weighted by Gasteiger charge is -2.26. The van der Waals surface area contributed by atoms with E-state index in [0.717, 1.165) is 35.1 Å². The minimum atomic E-state index is -0.905. The Morgan fingerprint density at radius 3 is 2.16 bits per heavy atom. The normalized spacial score (nSPS) is 18.7. The van der Waals surface area contributed by atoms with Crippen LogP contribution in [0.1, 0.15) is 69.9 Å². The number of nitrogens with zero attached hydrogens (tertiary/aromatic N) is 1. The molecular formula is C32H40N4O7. The molecule has 230 valence electrons. The van der Waals surface area contributed by atoms with Crippen molar-refractivity contribution in [2.45, 2.75) is 70.4 Å². The zero-order valence-corrected chi connectivity index (χ0v) is 24.8. The number of carbonyl (C=O) groups excluding carboxylic acids is 3. The third-order valence-corrected chi connectivity index (χ3v) is 7.62. The second-order valence-electron chi connectivity index (χ2n) is 12.0. The Labute approximate surface area is 251 Å². The smallest absolute Gasteiger partial charge is 0.407 e. The standard InChI is InChI=1S/C32H40N4O7/c1-32(2,3)43-28(37)16-22(18-34-36-30(40)33-17-20-12-14-21(15-13-20)29(38)39)35-31(41)42-19-27-25-10-6-4-8-23(25)24-9-5-7-11-26(24)27/h4-11,18,20-22,27H,12-17,19H2,1-3H3,(H,35,41)(H,38,39)(H2,33,36,40)/b34-18+/t20-,21-,22-/m0/s1. The number of fused-ring (bicyclic) bond motifs is 3. The van der Waals surface area contributed by atoms with Gasteiger partial charge in [-0.3, -0.25) is 9.59 Å². The number of rotatable bonds is 10. The van der Waals surface area contributed by atoms with Crippen LogP contribution in [0.3, 0.4) is 0 Å². The Balaban J connectivity index is 1.31. The highest BCUT2D eigenvalue weighted by Gasteiger charge is 2.30. The Morgan fingerprint density at radius 2 is 1.58 bits per heavy atom. The second kappa shape index (κ2) is 14.2. The topological polar surface area (TPSA) is 155 Å². The Morgan fingerprint density at radius 1 is 0.977 bits per heavy atom. The molecule has 1 atom stereocenters. The largest absolute Gasteiger partial charge is 0.481 e. The van der Waals surface area contributed by atoms with Crippen LogP contribution in [-0.4, -0.2) is 60.2 Å². The van der Waals surface area contributed by atoms with E-state index in [0.29, 0.717) is 19.4 Å². The monoisotopic (exact) mass is 592 g/mol. The number of hydrogen-bond donors (Lipinski definition) is 4. The lowest BCUT2D eigenvalue weighted by Crippen LogP contribution is -2.41. The van der Waals surface area contributed by atoms with E-state index < -0.39 is 35.7 Å². The van der Waals surface area contributed by atoms with E-state index in [1.54, 1.807) is 20.8 Å². The van der Waals surface area contributed by atoms with E-state index in [-0.39, 0.29) is 30.8 Å². The van der Waals surface area contributed by atoms with Gasteiger partial charge < -0.3 is 25.2 Å². The number of esters is 1. The van der Waals surface area contributed by atoms with Gasteiger partial charge in [0.25, 0.3) is 0 Å². The van der Waals surface area contributed by atoms with Crippen molar-refractivity contribution in [2.75, 3.05) is 13.2 Å². The van der Waals surface area contributed by atoms with E-state index in [1.165, 1.54) is 6.21 Å². The third-order valence-electron chi connectivity index (χ3n) is 7.62. The number of hydrogen-bond acceptors (Lipinski definition) is 7. The van der Waals surface area contributed by atoms with Gasteiger partial charge in [0.1, 0.15) is 12.2 Å². The first-order valence-electron chi connectivity index (χ1n) is 14.6. The fourth-order valence-electron chi connectivity index (χ4n) is 5.57. The average molecular weight is 593 g/mol. The van der Waals surface area contributed by atoms with Gasteiger partial charge in [0.2, 0.25) is 0 Å². The summed E-state index contributed by atoms with van der Waals surface area (Å²) in [7, 11) is 0. The number of urea groups is 1. The summed E-state index contributed by atoms with van der Waals surface area (Å²) < 4.78 is 11.0. The van der Waals surface area contributed by atoms with Gasteiger partial charge in [-0.15, -0.1) is 0 Å². The van der Waals surface area contributed by atoms with Crippen molar-refractivity contribution in [2.24, 2.45) is 16.9 Å². The van der Waals surface area contributed by atoms with Crippen LogP contribution in [-0.2, 0) is 19.1 Å². The zero-order chi connectivity index (χ0) is 31.0. The highest BCUT2D eigenvalue weighted by atomic mass is 16.6. The number of alkyl carbamates (subject to hydrolysis) is 1. The fraction of sp³-hybridized carbons (Fsp3) is 0.469. The van der Waals surface area contributed by atoms with E-state index in [4.69, 9.17) is 14.6 Å². The fourth-order valence-corrected chi connectivity index (χ4v) is 5.57. The summed E-state index contributed by atoms with van der Waals surface area (Å²) in [5, 5.41) is 18.4. The molecular weight excluding hydrogens is 552 g/mol. The number of carboxylic acid groups (broad SMARTS) is 1. The summed E-state index contributed by atoms with van der Waals surface area (Å²) in [6.07, 6.45) is 2.93. The summed E-state index contributed by atoms with van der Waals surface area (Å²) in [6.45, 7) is 5.73. The van der Waals surface area contributed by atoms with Gasteiger partial charge in [-0.2, -0.15) is 5.10 Å². The highest BCUT2D eigenvalue weighted by molar-refractivity contribution is 5.83. The summed E-state index contributed by atoms with van der Waals surface area (Å²) in [4.78, 5) is 48.8. The second-order valence-corrected chi connectivity index (χ2v) is 12.0. The van der Waals surface area contributed by atoms with Crippen LogP contribution in [0.25, 0.3) is 11.1 Å². The third kappa shape index (κ3) is 9.04. The number of nitrogens with one attached hydrogen (secondary N) is 3. The van der Waals surface area contributed by atoms with E-state index >= 15 is 0 Å². The number of amides is 3. The van der Waals surface area contributed by atoms with Crippen LogP contribution in [0.5, 0.6) is 0 Å². The maximum absolute atomic E-state index is 12.9. The number of aliphatic carboxylic acids is 1. The van der Waals surface area contributed by atoms with Crippen molar-refractivity contribution in [3.63, 3.8) is 0 Å². The lowest BCUT2D eigenvalue weighted by molar-refractivity contribution is -0.155. The average Bonchev–Trinajstić information content (AvgIpc) is 3.27. The summed E-state index contributed by atoms with van der Waals surface area (Å²) in [6, 6.07) is 14.6. The van der Waals surface area contributed by atoms with Gasteiger partial charge >= 0.3 is 24.1 Å². The minimum absolute atomic E-state index is 0.102. The van der Waals surface area contributed by atoms with Crippen LogP contribution in [0.15, 0.2) is 53.6 Å². The molecule has 2 aliphatic carbocycles. The number of ether oxygens (including phenoxy) is 2. The zero-order valence-electron chi connectivity index (χ0n) is 24.8. The first-order valence-corrected chi connectivity index (χ1v) is 14.6. The molecule has 2 aromatic carbocycles. The van der Waals surface area contributed by atoms with E-state index in [2.05, 4.69) is 33.3 Å². The molecule has 2 aliphatic rings. The molecule has 0 unspecified atom stereocenters. The van der Waals surface area contributed by atoms with Gasteiger partial charge in [-0.1, -0.05) is 48.5 Å². The molecule has 4 N–H and O–H groups in total. The van der Waals surface area contributed by atoms with Crippen LogP contribution in [0, 0.1) is 11.8 Å². The van der Waals surface area contributed by atoms with Crippen LogP contribution in [0.2, 0.25) is 0 Å². The van der Waals surface area contributed by atoms with Crippen molar-refractivity contribution >= 4 is 30.3 Å². The molecule has 0 saturated heterocycles. The molecule has 2 aromatic rings. The van der Waals surface area contributed by atoms with Gasteiger partial charge in [-0.05, 0) is 74.6 Å². The minimum Gasteiger partial charge on any atom is -0.481 e. The molecule has 0 radical (unpaired) electrons. The van der Waals surface area contributed by atoms with Crippen molar-refractivity contribution in [3.05, 3.63) is 59.7 Å². The maximum atomic E-state index is 12.9. The number of benzene rings is 2. The molecule has 11 heteroatoms. The SMILES string of the molecule is CC(C)(C)OC(=O)C[C@@H](/C=N/NC(=O)NC[C@H]1CC[C@H](C(=O)O)CC1)NC(=O)OCC1c2ccccc2-c2ccccc21. The summed E-state index contributed by atoms with van der Waals surface area (Å²) >= 11 is 0. The molecule has 0 spiro atoms. The summed E-state index contributed by atoms with van der Waals surface area (Å²) in [5.74, 6) is -1.57. The number of hydrazone groups is 1. The van der Waals surface area contributed by atoms with Crippen LogP contribution >= 0.6 is 0 Å². The lowest BCUT2D eigenvalue weighted by atomic mass is 9.82. The number of carboxylic acids is 1. The van der Waals surface area contributed by atoms with Crippen LogP contribution in [0.4, 0.5) is 9.59 Å². The van der Waals surface area contributed by atoms with Crippen molar-refractivity contribution in [1.29, 1.82) is 0 Å². The van der Waals surface area contributed by atoms with Gasteiger partial charge in [0.05, 0.1) is 18.4 Å². The summed E-state index contributed by atoms with van der Waals surface area (Å²) in [5.41, 5.74) is 6.01. The number of carbonyl (C=O) groups is 4. The Bertz CT molecular complexity index is 1300. The molecule has 1 saturated carbocycles. The van der Waals surface area contributed by atoms with E-state index in [9.17, 15) is 19.2 Å². The molecule has 43 heavy (non-hydrogen) atoms. The molecule has 0 heterocycles. The van der Waals surface area contributed by atoms with Crippen molar-refractivity contribution in [1.82, 2.24) is 16.1 Å². The maximum Gasteiger partial charge on any atom is 0.407 e. The molecule has 0 aliphatic heterocycles. The van der Waals surface area contributed by atoms with Crippen molar-refractivity contribution < 1.29 is 33.8 Å². The molecule has 0 bridgehead atoms. The van der Waals surface area contributed by atoms with Gasteiger partial charge in [0, 0.05) is 18.7 Å². The predicted molar refractivity (Wildman–Crippen MR) is 161 cm³/mol. The first kappa shape index (κ1) is 31.5. The predicted octanol–water partition coefficient (Wildman–Crippen LogP) is 4.80. The Hall–Kier alpha value is -4.41. The quantitative estimate of drug-likeness (QED) is 0.175. The Kier molecular flexibility index (Phi) is 10.4.